The number of ether oxygens (including phenoxy) is 1. The van der Waals surface area contributed by atoms with Crippen LogP contribution >= 0.6 is 0 Å². The lowest BCUT2D eigenvalue weighted by Gasteiger charge is -2.41. The molecule has 2 aliphatic heterocycles. The molecule has 3 unspecified atom stereocenters. The van der Waals surface area contributed by atoms with Crippen molar-refractivity contribution in [3.63, 3.8) is 0 Å². The predicted molar refractivity (Wildman–Crippen MR) is 162 cm³/mol. The summed E-state index contributed by atoms with van der Waals surface area (Å²) in [5.74, 6) is 3.12. The van der Waals surface area contributed by atoms with Gasteiger partial charge in [-0.05, 0) is 46.8 Å². The Bertz CT molecular complexity index is 1390. The van der Waals surface area contributed by atoms with Crippen molar-refractivity contribution < 1.29 is 13.3 Å². The van der Waals surface area contributed by atoms with Crippen LogP contribution in [0.3, 0.4) is 0 Å². The summed E-state index contributed by atoms with van der Waals surface area (Å²) in [4.78, 5) is 17.7. The highest BCUT2D eigenvalue weighted by Gasteiger charge is 2.33. The Morgan fingerprint density at radius 1 is 1.12 bits per heavy atom. The molecule has 5 rings (SSSR count). The van der Waals surface area contributed by atoms with Gasteiger partial charge >= 0.3 is 0 Å². The van der Waals surface area contributed by atoms with Gasteiger partial charge in [0.2, 0.25) is 5.95 Å². The first-order valence-electron chi connectivity index (χ1n) is 13.5. The molecule has 0 amide bonds. The van der Waals surface area contributed by atoms with E-state index in [1.54, 1.807) is 23.4 Å². The van der Waals surface area contributed by atoms with Gasteiger partial charge in [-0.3, -0.25) is 4.21 Å². The Morgan fingerprint density at radius 3 is 2.58 bits per heavy atom. The molecule has 13 heteroatoms. The molecule has 1 N–H and O–H groups in total. The fourth-order valence-corrected chi connectivity index (χ4v) is 6.33. The van der Waals surface area contributed by atoms with Gasteiger partial charge in [0.05, 0.1) is 36.2 Å². The van der Waals surface area contributed by atoms with Crippen LogP contribution in [-0.2, 0) is 15.5 Å². The van der Waals surface area contributed by atoms with E-state index in [0.717, 1.165) is 35.3 Å². The largest absolute Gasteiger partial charge is 0.396 e. The quantitative estimate of drug-likeness (QED) is 0.404. The molecule has 0 aliphatic carbocycles. The molecule has 4 heterocycles. The highest BCUT2D eigenvalue weighted by molar-refractivity contribution is 7.84. The molecule has 40 heavy (non-hydrogen) atoms. The van der Waals surface area contributed by atoms with Gasteiger partial charge in [0.1, 0.15) is 17.8 Å². The maximum absolute atomic E-state index is 14.8. The van der Waals surface area contributed by atoms with Gasteiger partial charge in [0.15, 0.2) is 0 Å². The topological polar surface area (TPSA) is 83.5 Å². The molecule has 0 bridgehead atoms. The van der Waals surface area contributed by atoms with Crippen molar-refractivity contribution in [3.05, 3.63) is 42.2 Å². The molecular formula is C27H32B3FN6O2S. The second-order valence-electron chi connectivity index (χ2n) is 11.1. The van der Waals surface area contributed by atoms with Crippen molar-refractivity contribution in [2.24, 2.45) is 5.92 Å². The van der Waals surface area contributed by atoms with Crippen LogP contribution < -0.4 is 15.1 Å². The summed E-state index contributed by atoms with van der Waals surface area (Å²) in [6.45, 7) is 6.64. The number of halogens is 1. The van der Waals surface area contributed by atoms with Crippen LogP contribution in [-0.4, -0.2) is 98.5 Å². The zero-order valence-electron chi connectivity index (χ0n) is 23.1. The molecule has 204 valence electrons. The minimum Gasteiger partial charge on any atom is -0.396 e. The number of nitrogens with one attached hydrogen (secondary N) is 1. The van der Waals surface area contributed by atoms with E-state index >= 15 is 0 Å². The first-order chi connectivity index (χ1) is 19.0. The van der Waals surface area contributed by atoms with Crippen LogP contribution in [0.15, 0.2) is 36.7 Å². The molecule has 0 spiro atoms. The van der Waals surface area contributed by atoms with Gasteiger partial charge in [0.25, 0.3) is 0 Å². The summed E-state index contributed by atoms with van der Waals surface area (Å²) in [5, 5.41) is 3.63. The molecule has 2 aromatic heterocycles. The van der Waals surface area contributed by atoms with Crippen molar-refractivity contribution in [3.8, 4) is 0 Å². The van der Waals surface area contributed by atoms with Crippen molar-refractivity contribution >= 4 is 68.4 Å². The maximum Gasteiger partial charge on any atom is 0.227 e. The monoisotopic (exact) mass is 556 g/mol. The smallest absolute Gasteiger partial charge is 0.227 e. The molecule has 8 nitrogen and oxygen atoms in total. The average molecular weight is 556 g/mol. The molecule has 6 radical (unpaired) electrons. The van der Waals surface area contributed by atoms with Gasteiger partial charge in [0, 0.05) is 71.8 Å². The lowest BCUT2D eigenvalue weighted by Crippen LogP contribution is -2.50. The minimum atomic E-state index is -1.88. The van der Waals surface area contributed by atoms with E-state index in [9.17, 15) is 8.60 Å². The first kappa shape index (κ1) is 28.9. The number of piperidine rings is 1. The standard InChI is InChI=1S/C27H32B3FN6O2S/c1-16(2)18-4-5-22(37-12-17(13-37)15-40(3)38)20-11-33-25(10-19(18)20)34-24-6-8-32-26(35-24)36-9-7-23(21(31)14-36)39-27(28,29)30/h4-6,8,10-11,16-17,21,23H,7,9,12-15H2,1-3H3,(H,32,33,34,35). The van der Waals surface area contributed by atoms with Crippen LogP contribution in [0.5, 0.6) is 0 Å². The molecule has 3 atom stereocenters. The van der Waals surface area contributed by atoms with Gasteiger partial charge in [-0.25, -0.2) is 14.4 Å². The third kappa shape index (κ3) is 6.62. The second-order valence-corrected chi connectivity index (χ2v) is 12.6. The maximum atomic E-state index is 14.8. The third-order valence-electron chi connectivity index (χ3n) is 7.32. The second kappa shape index (κ2) is 11.7. The Morgan fingerprint density at radius 2 is 1.90 bits per heavy atom. The molecule has 1 aromatic carbocycles. The third-order valence-corrected chi connectivity index (χ3v) is 8.26. The van der Waals surface area contributed by atoms with E-state index in [1.165, 1.54) is 5.56 Å². The number of pyridine rings is 1. The molecule has 2 aliphatic rings. The summed E-state index contributed by atoms with van der Waals surface area (Å²) in [7, 11) is 15.7. The van der Waals surface area contributed by atoms with Gasteiger partial charge in [-0.2, -0.15) is 4.98 Å². The van der Waals surface area contributed by atoms with Crippen LogP contribution in [0.4, 0.5) is 27.7 Å². The number of benzene rings is 1. The fourth-order valence-electron chi connectivity index (χ4n) is 5.46. The van der Waals surface area contributed by atoms with Gasteiger partial charge < -0.3 is 19.9 Å². The summed E-state index contributed by atoms with van der Waals surface area (Å²) in [6, 6.07) is 8.16. The van der Waals surface area contributed by atoms with E-state index in [1.807, 2.05) is 12.3 Å². The van der Waals surface area contributed by atoms with Crippen LogP contribution in [0.1, 0.15) is 31.7 Å². The van der Waals surface area contributed by atoms with E-state index in [0.29, 0.717) is 42.4 Å². The number of nitrogens with zero attached hydrogens (tertiary/aromatic N) is 5. The number of alkyl halides is 1. The Kier molecular flexibility index (Phi) is 8.43. The van der Waals surface area contributed by atoms with Crippen LogP contribution in [0.2, 0.25) is 0 Å². The predicted octanol–water partition coefficient (Wildman–Crippen LogP) is 2.76. The molecule has 0 saturated carbocycles. The number of rotatable bonds is 9. The van der Waals surface area contributed by atoms with Crippen LogP contribution in [0, 0.1) is 5.92 Å². The van der Waals surface area contributed by atoms with Gasteiger partial charge in [-0.15, -0.1) is 0 Å². The zero-order chi connectivity index (χ0) is 28.6. The SMILES string of the molecule is [B]C([B])([B])OC1CCN(c2nccc(Nc3cc4c(C(C)C)ccc(N5CC(CS(C)=O)C5)c4cn3)n2)CC1F. The van der Waals surface area contributed by atoms with E-state index in [2.05, 4.69) is 46.2 Å². The van der Waals surface area contributed by atoms with E-state index in [-0.39, 0.29) is 6.54 Å². The van der Waals surface area contributed by atoms with Crippen molar-refractivity contribution in [2.75, 3.05) is 53.3 Å². The van der Waals surface area contributed by atoms with Crippen LogP contribution in [0.25, 0.3) is 10.8 Å². The normalized spacial score (nSPS) is 21.0. The molecular weight excluding hydrogens is 524 g/mol. The minimum absolute atomic E-state index is 0.0322. The van der Waals surface area contributed by atoms with E-state index in [4.69, 9.17) is 33.3 Å². The number of hydrogen-bond acceptors (Lipinski definition) is 8. The fraction of sp³-hybridized carbons (Fsp3) is 0.519. The van der Waals surface area contributed by atoms with Crippen molar-refractivity contribution in [1.29, 1.82) is 0 Å². The van der Waals surface area contributed by atoms with E-state index < -0.39 is 28.4 Å². The van der Waals surface area contributed by atoms with Crippen molar-refractivity contribution in [1.82, 2.24) is 15.0 Å². The highest BCUT2D eigenvalue weighted by atomic mass is 32.2. The summed E-state index contributed by atoms with van der Waals surface area (Å²) in [6.07, 6.45) is 3.50. The first-order valence-corrected chi connectivity index (χ1v) is 15.2. The highest BCUT2D eigenvalue weighted by Crippen LogP contribution is 2.37. The van der Waals surface area contributed by atoms with Crippen molar-refractivity contribution in [2.45, 2.75) is 43.8 Å². The molecule has 2 saturated heterocycles. The number of aromatic nitrogens is 3. The average Bonchev–Trinajstić information content (AvgIpc) is 2.86. The Balaban J connectivity index is 1.33. The zero-order valence-corrected chi connectivity index (χ0v) is 23.9. The van der Waals surface area contributed by atoms with Gasteiger partial charge in [-0.1, -0.05) is 19.9 Å². The number of hydrogen-bond donors (Lipinski definition) is 1. The Labute approximate surface area is 241 Å². The lowest BCUT2D eigenvalue weighted by molar-refractivity contribution is -0.0185. The number of fused-ring (bicyclic) bond motifs is 1. The lowest BCUT2D eigenvalue weighted by atomic mass is 9.52. The summed E-state index contributed by atoms with van der Waals surface area (Å²) >= 11 is 0. The molecule has 3 aromatic rings. The summed E-state index contributed by atoms with van der Waals surface area (Å²) < 4.78 is 31.6. The molecule has 2 fully saturated rings. The Hall–Kier alpha value is -2.66. The number of anilines is 4. The summed E-state index contributed by atoms with van der Waals surface area (Å²) in [5.41, 5.74) is 2.38.